The van der Waals surface area contributed by atoms with Crippen molar-refractivity contribution in [1.82, 2.24) is 5.32 Å². The predicted molar refractivity (Wildman–Crippen MR) is 112 cm³/mol. The summed E-state index contributed by atoms with van der Waals surface area (Å²) in [6.07, 6.45) is 0.869. The van der Waals surface area contributed by atoms with Crippen molar-refractivity contribution in [1.29, 1.82) is 0 Å². The van der Waals surface area contributed by atoms with Gasteiger partial charge < -0.3 is 10.6 Å². The fraction of sp³-hybridized carbons (Fsp3) is 0.455. The van der Waals surface area contributed by atoms with Gasteiger partial charge in [-0.1, -0.05) is 65.0 Å². The molecule has 1 aromatic carbocycles. The van der Waals surface area contributed by atoms with Crippen molar-refractivity contribution < 1.29 is 9.59 Å². The van der Waals surface area contributed by atoms with Crippen LogP contribution < -0.4 is 10.6 Å². The van der Waals surface area contributed by atoms with Crippen LogP contribution in [0.25, 0.3) is 10.4 Å². The molecule has 5 heteroatoms. The van der Waals surface area contributed by atoms with Crippen molar-refractivity contribution in [2.45, 2.75) is 41.0 Å². The van der Waals surface area contributed by atoms with Crippen LogP contribution in [0.15, 0.2) is 36.4 Å². The minimum Gasteiger partial charge on any atom is -0.352 e. The molecule has 0 saturated heterocycles. The number of carbonyl (C=O) groups is 2. The zero-order valence-corrected chi connectivity index (χ0v) is 17.5. The van der Waals surface area contributed by atoms with Crippen LogP contribution in [0, 0.1) is 16.7 Å². The van der Waals surface area contributed by atoms with Crippen LogP contribution >= 0.6 is 11.3 Å². The molecule has 0 bridgehead atoms. The number of carbonyl (C=O) groups excluding carboxylic acids is 2. The van der Waals surface area contributed by atoms with E-state index in [2.05, 4.69) is 38.3 Å². The van der Waals surface area contributed by atoms with E-state index in [1.807, 2.05) is 43.3 Å². The Labute approximate surface area is 165 Å². The van der Waals surface area contributed by atoms with Gasteiger partial charge in [-0.2, -0.15) is 0 Å². The summed E-state index contributed by atoms with van der Waals surface area (Å²) in [6.45, 7) is 11.1. The van der Waals surface area contributed by atoms with Crippen LogP contribution in [-0.2, 0) is 4.79 Å². The molecule has 4 nitrogen and oxygen atoms in total. The lowest BCUT2D eigenvalue weighted by Crippen LogP contribution is -2.25. The summed E-state index contributed by atoms with van der Waals surface area (Å²) in [5, 5.41) is 6.60. The molecule has 2 N–H and O–H groups in total. The third kappa shape index (κ3) is 3.53. The summed E-state index contributed by atoms with van der Waals surface area (Å²) in [7, 11) is 0. The van der Waals surface area contributed by atoms with E-state index in [4.69, 9.17) is 0 Å². The third-order valence-corrected chi connectivity index (χ3v) is 7.19. The van der Waals surface area contributed by atoms with E-state index in [9.17, 15) is 9.59 Å². The van der Waals surface area contributed by atoms with E-state index < -0.39 is 0 Å². The molecule has 1 aromatic heterocycles. The Bertz CT molecular complexity index is 838. The van der Waals surface area contributed by atoms with Crippen molar-refractivity contribution in [2.75, 3.05) is 11.9 Å². The highest BCUT2D eigenvalue weighted by molar-refractivity contribution is 7.20. The normalized spacial score (nSPS) is 17.4. The van der Waals surface area contributed by atoms with Gasteiger partial charge in [0.05, 0.1) is 5.56 Å². The van der Waals surface area contributed by atoms with Gasteiger partial charge in [0, 0.05) is 17.3 Å². The number of hydrogen-bond acceptors (Lipinski definition) is 3. The number of rotatable bonds is 6. The first-order chi connectivity index (χ1) is 12.7. The first-order valence-electron chi connectivity index (χ1n) is 9.48. The average Bonchev–Trinajstić information content (AvgIpc) is 2.91. The fourth-order valence-corrected chi connectivity index (χ4v) is 4.83. The molecule has 27 heavy (non-hydrogen) atoms. The number of amides is 2. The zero-order chi connectivity index (χ0) is 19.8. The molecule has 0 spiro atoms. The number of nitrogens with one attached hydrogen (secondary N) is 2. The standard InChI is InChI=1S/C22H28N2O2S/c1-6-12-23-18(25)15-13-16(14-10-8-7-9-11-14)27-20(15)24-19(26)17-21(2,3)22(17,4)5/h7-11,13,17H,6,12H2,1-5H3,(H,23,25)(H,24,26). The molecule has 1 aliphatic carbocycles. The molecule has 1 heterocycles. The minimum atomic E-state index is -0.139. The first kappa shape index (κ1) is 19.6. The molecule has 2 amide bonds. The highest BCUT2D eigenvalue weighted by Crippen LogP contribution is 2.68. The van der Waals surface area contributed by atoms with Crippen molar-refractivity contribution in [3.63, 3.8) is 0 Å². The summed E-state index contributed by atoms with van der Waals surface area (Å²) >= 11 is 1.46. The minimum absolute atomic E-state index is 0.00370. The van der Waals surface area contributed by atoms with Crippen LogP contribution in [-0.4, -0.2) is 18.4 Å². The van der Waals surface area contributed by atoms with E-state index in [-0.39, 0.29) is 28.6 Å². The average molecular weight is 385 g/mol. The van der Waals surface area contributed by atoms with Gasteiger partial charge in [-0.05, 0) is 28.9 Å². The smallest absolute Gasteiger partial charge is 0.254 e. The maximum absolute atomic E-state index is 12.9. The number of thiophene rings is 1. The lowest BCUT2D eigenvalue weighted by molar-refractivity contribution is -0.118. The molecule has 2 aromatic rings. The van der Waals surface area contributed by atoms with Crippen LogP contribution in [0.2, 0.25) is 0 Å². The molecule has 1 aliphatic rings. The summed E-state index contributed by atoms with van der Waals surface area (Å²) in [5.41, 5.74) is 1.50. The fourth-order valence-electron chi connectivity index (χ4n) is 3.77. The van der Waals surface area contributed by atoms with Gasteiger partial charge >= 0.3 is 0 Å². The Balaban J connectivity index is 1.90. The molecular weight excluding hydrogens is 356 g/mol. The van der Waals surface area contributed by atoms with Gasteiger partial charge in [0.1, 0.15) is 5.00 Å². The van der Waals surface area contributed by atoms with Crippen molar-refractivity contribution in [2.24, 2.45) is 16.7 Å². The second-order valence-corrected chi connectivity index (χ2v) is 9.39. The number of hydrogen-bond donors (Lipinski definition) is 2. The lowest BCUT2D eigenvalue weighted by atomic mass is 10.0. The Morgan fingerprint density at radius 3 is 2.26 bits per heavy atom. The predicted octanol–water partition coefficient (Wildman–Crippen LogP) is 5.18. The van der Waals surface area contributed by atoms with Crippen LogP contribution in [0.1, 0.15) is 51.4 Å². The second-order valence-electron chi connectivity index (χ2n) is 8.34. The molecular formula is C22H28N2O2S. The largest absolute Gasteiger partial charge is 0.352 e. The number of benzene rings is 1. The summed E-state index contributed by atoms with van der Waals surface area (Å²) in [5.74, 6) is -0.199. The van der Waals surface area contributed by atoms with Gasteiger partial charge in [0.25, 0.3) is 5.91 Å². The van der Waals surface area contributed by atoms with E-state index in [1.165, 1.54) is 11.3 Å². The topological polar surface area (TPSA) is 58.2 Å². The molecule has 0 unspecified atom stereocenters. The van der Waals surface area contributed by atoms with Gasteiger partial charge in [0.2, 0.25) is 5.91 Å². The highest BCUT2D eigenvalue weighted by Gasteiger charge is 2.68. The van der Waals surface area contributed by atoms with Gasteiger partial charge in [-0.3, -0.25) is 9.59 Å². The lowest BCUT2D eigenvalue weighted by Gasteiger charge is -2.08. The van der Waals surface area contributed by atoms with Crippen LogP contribution in [0.4, 0.5) is 5.00 Å². The maximum Gasteiger partial charge on any atom is 0.254 e. The maximum atomic E-state index is 12.9. The van der Waals surface area contributed by atoms with E-state index in [0.717, 1.165) is 16.9 Å². The molecule has 1 saturated carbocycles. The van der Waals surface area contributed by atoms with Crippen LogP contribution in [0.5, 0.6) is 0 Å². The van der Waals surface area contributed by atoms with E-state index in [1.54, 1.807) is 0 Å². The summed E-state index contributed by atoms with van der Waals surface area (Å²) in [4.78, 5) is 26.5. The quantitative estimate of drug-likeness (QED) is 0.721. The van der Waals surface area contributed by atoms with Gasteiger partial charge in [-0.25, -0.2) is 0 Å². The molecule has 0 atom stereocenters. The SMILES string of the molecule is CCCNC(=O)c1cc(-c2ccccc2)sc1NC(=O)C1C(C)(C)C1(C)C. The number of anilines is 1. The monoisotopic (exact) mass is 384 g/mol. The highest BCUT2D eigenvalue weighted by atomic mass is 32.1. The Morgan fingerprint density at radius 1 is 1.07 bits per heavy atom. The molecule has 144 valence electrons. The first-order valence-corrected chi connectivity index (χ1v) is 10.3. The van der Waals surface area contributed by atoms with Crippen molar-refractivity contribution in [3.05, 3.63) is 42.0 Å². The second kappa shape index (κ2) is 7.12. The molecule has 3 rings (SSSR count). The third-order valence-electron chi connectivity index (χ3n) is 6.09. The van der Waals surface area contributed by atoms with E-state index >= 15 is 0 Å². The molecule has 0 radical (unpaired) electrons. The zero-order valence-electron chi connectivity index (χ0n) is 16.7. The van der Waals surface area contributed by atoms with Gasteiger partial charge in [-0.15, -0.1) is 11.3 Å². The van der Waals surface area contributed by atoms with Crippen molar-refractivity contribution >= 4 is 28.2 Å². The Morgan fingerprint density at radius 2 is 1.70 bits per heavy atom. The summed E-state index contributed by atoms with van der Waals surface area (Å²) < 4.78 is 0. The Kier molecular flexibility index (Phi) is 5.17. The summed E-state index contributed by atoms with van der Waals surface area (Å²) in [6, 6.07) is 11.8. The van der Waals surface area contributed by atoms with Crippen molar-refractivity contribution in [3.8, 4) is 10.4 Å². The Hall–Kier alpha value is -2.14. The molecule has 1 fully saturated rings. The van der Waals surface area contributed by atoms with E-state index in [0.29, 0.717) is 17.1 Å². The van der Waals surface area contributed by atoms with Crippen LogP contribution in [0.3, 0.4) is 0 Å². The van der Waals surface area contributed by atoms with Gasteiger partial charge in [0.15, 0.2) is 0 Å². The molecule has 0 aliphatic heterocycles.